The van der Waals surface area contributed by atoms with Crippen LogP contribution in [-0.2, 0) is 4.74 Å². The second-order valence-corrected chi connectivity index (χ2v) is 4.86. The fourth-order valence-corrected chi connectivity index (χ4v) is 1.83. The zero-order valence-corrected chi connectivity index (χ0v) is 9.97. The van der Waals surface area contributed by atoms with Crippen molar-refractivity contribution >= 4 is 0 Å². The summed E-state index contributed by atoms with van der Waals surface area (Å²) >= 11 is 0. The SMILES string of the molecule is CNC(C)CCN1CCOC(C)(C)C1. The molecule has 0 aliphatic carbocycles. The van der Waals surface area contributed by atoms with E-state index in [4.69, 9.17) is 4.74 Å². The highest BCUT2D eigenvalue weighted by Gasteiger charge is 2.26. The van der Waals surface area contributed by atoms with Gasteiger partial charge in [-0.15, -0.1) is 0 Å². The van der Waals surface area contributed by atoms with E-state index >= 15 is 0 Å². The Kier molecular flexibility index (Phi) is 4.35. The molecule has 1 fully saturated rings. The molecule has 14 heavy (non-hydrogen) atoms. The highest BCUT2D eigenvalue weighted by Crippen LogP contribution is 2.16. The molecule has 3 nitrogen and oxygen atoms in total. The number of nitrogens with one attached hydrogen (secondary N) is 1. The standard InChI is InChI=1S/C11H24N2O/c1-10(12-4)5-6-13-7-8-14-11(2,3)9-13/h10,12H,5-9H2,1-4H3. The fraction of sp³-hybridized carbons (Fsp3) is 1.00. The number of hydrogen-bond donors (Lipinski definition) is 1. The molecule has 84 valence electrons. The Morgan fingerprint density at radius 1 is 1.50 bits per heavy atom. The van der Waals surface area contributed by atoms with Crippen LogP contribution in [0.25, 0.3) is 0 Å². The lowest BCUT2D eigenvalue weighted by Crippen LogP contribution is -2.49. The maximum Gasteiger partial charge on any atom is 0.0753 e. The summed E-state index contributed by atoms with van der Waals surface area (Å²) in [7, 11) is 2.02. The van der Waals surface area contributed by atoms with Crippen molar-refractivity contribution in [3.05, 3.63) is 0 Å². The molecular weight excluding hydrogens is 176 g/mol. The predicted octanol–water partition coefficient (Wildman–Crippen LogP) is 1.10. The normalized spacial score (nSPS) is 24.9. The maximum atomic E-state index is 5.67. The molecule has 0 spiro atoms. The monoisotopic (exact) mass is 200 g/mol. The van der Waals surface area contributed by atoms with E-state index in [1.54, 1.807) is 0 Å². The van der Waals surface area contributed by atoms with Crippen LogP contribution in [0.1, 0.15) is 27.2 Å². The minimum atomic E-state index is 0.0428. The van der Waals surface area contributed by atoms with E-state index in [9.17, 15) is 0 Å². The molecule has 0 aromatic rings. The first-order chi connectivity index (χ1) is 6.53. The van der Waals surface area contributed by atoms with Crippen LogP contribution in [0.5, 0.6) is 0 Å². The third kappa shape index (κ3) is 3.95. The van der Waals surface area contributed by atoms with Crippen molar-refractivity contribution in [3.63, 3.8) is 0 Å². The van der Waals surface area contributed by atoms with Gasteiger partial charge in [0.05, 0.1) is 12.2 Å². The molecule has 0 aromatic carbocycles. The summed E-state index contributed by atoms with van der Waals surface area (Å²) in [6.45, 7) is 10.8. The molecule has 1 unspecified atom stereocenters. The smallest absolute Gasteiger partial charge is 0.0753 e. The first-order valence-electron chi connectivity index (χ1n) is 5.57. The fourth-order valence-electron chi connectivity index (χ4n) is 1.83. The first-order valence-corrected chi connectivity index (χ1v) is 5.57. The number of nitrogens with zero attached hydrogens (tertiary/aromatic N) is 1. The van der Waals surface area contributed by atoms with Crippen molar-refractivity contribution in [2.45, 2.75) is 38.8 Å². The Bertz CT molecular complexity index is 171. The third-order valence-corrected chi connectivity index (χ3v) is 2.88. The lowest BCUT2D eigenvalue weighted by Gasteiger charge is -2.38. The zero-order chi connectivity index (χ0) is 10.6. The summed E-state index contributed by atoms with van der Waals surface area (Å²) in [5.41, 5.74) is 0.0428. The van der Waals surface area contributed by atoms with Crippen molar-refractivity contribution in [2.24, 2.45) is 0 Å². The first kappa shape index (κ1) is 12.0. The molecule has 1 aliphatic rings. The van der Waals surface area contributed by atoms with Crippen molar-refractivity contribution in [2.75, 3.05) is 33.3 Å². The Morgan fingerprint density at radius 2 is 2.21 bits per heavy atom. The van der Waals surface area contributed by atoms with Gasteiger partial charge >= 0.3 is 0 Å². The van der Waals surface area contributed by atoms with Crippen LogP contribution in [0.15, 0.2) is 0 Å². The van der Waals surface area contributed by atoms with Crippen molar-refractivity contribution in [1.29, 1.82) is 0 Å². The molecular formula is C11H24N2O. The van der Waals surface area contributed by atoms with E-state index in [0.29, 0.717) is 6.04 Å². The lowest BCUT2D eigenvalue weighted by atomic mass is 10.1. The molecule has 0 amide bonds. The molecule has 0 aromatic heterocycles. The van der Waals surface area contributed by atoms with E-state index in [1.807, 2.05) is 7.05 Å². The van der Waals surface area contributed by atoms with Crippen molar-refractivity contribution in [3.8, 4) is 0 Å². The van der Waals surface area contributed by atoms with Gasteiger partial charge in [-0.3, -0.25) is 4.90 Å². The van der Waals surface area contributed by atoms with Crippen molar-refractivity contribution < 1.29 is 4.74 Å². The minimum Gasteiger partial charge on any atom is -0.373 e. The van der Waals surface area contributed by atoms with Crippen LogP contribution in [0, 0.1) is 0 Å². The summed E-state index contributed by atoms with van der Waals surface area (Å²) in [5.74, 6) is 0. The van der Waals surface area contributed by atoms with Gasteiger partial charge in [-0.05, 0) is 40.8 Å². The van der Waals surface area contributed by atoms with Crippen LogP contribution in [0.3, 0.4) is 0 Å². The number of ether oxygens (including phenoxy) is 1. The van der Waals surface area contributed by atoms with Gasteiger partial charge in [0.1, 0.15) is 0 Å². The van der Waals surface area contributed by atoms with E-state index in [2.05, 4.69) is 31.0 Å². The van der Waals surface area contributed by atoms with Gasteiger partial charge in [0.2, 0.25) is 0 Å². The molecule has 1 N–H and O–H groups in total. The third-order valence-electron chi connectivity index (χ3n) is 2.88. The van der Waals surface area contributed by atoms with Gasteiger partial charge in [0.15, 0.2) is 0 Å². The Hall–Kier alpha value is -0.120. The Morgan fingerprint density at radius 3 is 2.79 bits per heavy atom. The zero-order valence-electron chi connectivity index (χ0n) is 9.97. The van der Waals surface area contributed by atoms with E-state index < -0.39 is 0 Å². The second-order valence-electron chi connectivity index (χ2n) is 4.86. The summed E-state index contributed by atoms with van der Waals surface area (Å²) in [6.07, 6.45) is 1.21. The Labute approximate surface area is 87.8 Å². The number of morpholine rings is 1. The molecule has 1 rings (SSSR count). The molecule has 0 bridgehead atoms. The van der Waals surface area contributed by atoms with Crippen LogP contribution in [0.2, 0.25) is 0 Å². The quantitative estimate of drug-likeness (QED) is 0.735. The highest BCUT2D eigenvalue weighted by atomic mass is 16.5. The van der Waals surface area contributed by atoms with Crippen LogP contribution < -0.4 is 5.32 Å². The van der Waals surface area contributed by atoms with Crippen LogP contribution in [0.4, 0.5) is 0 Å². The molecule has 1 saturated heterocycles. The Balaban J connectivity index is 2.24. The van der Waals surface area contributed by atoms with Gasteiger partial charge < -0.3 is 10.1 Å². The predicted molar refractivity (Wildman–Crippen MR) is 59.6 cm³/mol. The van der Waals surface area contributed by atoms with Gasteiger partial charge in [-0.1, -0.05) is 0 Å². The van der Waals surface area contributed by atoms with Crippen LogP contribution in [-0.4, -0.2) is 49.8 Å². The molecule has 0 saturated carbocycles. The number of rotatable bonds is 4. The van der Waals surface area contributed by atoms with Gasteiger partial charge in [0, 0.05) is 19.1 Å². The summed E-state index contributed by atoms with van der Waals surface area (Å²) < 4.78 is 5.67. The molecule has 1 atom stereocenters. The van der Waals surface area contributed by atoms with Crippen LogP contribution >= 0.6 is 0 Å². The average molecular weight is 200 g/mol. The lowest BCUT2D eigenvalue weighted by molar-refractivity contribution is -0.0863. The molecule has 1 aliphatic heterocycles. The molecule has 0 radical (unpaired) electrons. The van der Waals surface area contributed by atoms with Crippen molar-refractivity contribution in [1.82, 2.24) is 10.2 Å². The summed E-state index contributed by atoms with van der Waals surface area (Å²) in [5, 5.41) is 3.27. The maximum absolute atomic E-state index is 5.67. The molecule has 3 heteroatoms. The summed E-state index contributed by atoms with van der Waals surface area (Å²) in [4.78, 5) is 2.50. The van der Waals surface area contributed by atoms with E-state index in [1.165, 1.54) is 13.0 Å². The second kappa shape index (κ2) is 5.10. The van der Waals surface area contributed by atoms with E-state index in [-0.39, 0.29) is 5.60 Å². The number of hydrogen-bond acceptors (Lipinski definition) is 3. The summed E-state index contributed by atoms with van der Waals surface area (Å²) in [6, 6.07) is 0.612. The molecule has 1 heterocycles. The highest BCUT2D eigenvalue weighted by molar-refractivity contribution is 4.79. The van der Waals surface area contributed by atoms with Gasteiger partial charge in [-0.25, -0.2) is 0 Å². The van der Waals surface area contributed by atoms with Gasteiger partial charge in [-0.2, -0.15) is 0 Å². The largest absolute Gasteiger partial charge is 0.373 e. The van der Waals surface area contributed by atoms with E-state index in [0.717, 1.165) is 19.7 Å². The average Bonchev–Trinajstić information content (AvgIpc) is 2.12. The van der Waals surface area contributed by atoms with Gasteiger partial charge in [0.25, 0.3) is 0 Å². The minimum absolute atomic E-state index is 0.0428. The topological polar surface area (TPSA) is 24.5 Å².